The molecule has 0 fully saturated rings. The standard InChI is InChI=1S/C12H12F4N2O4/c1-5(19)9(11(21)18-22)17-10(20)6-2-7(12(14,15)16)4-8(13)3-6/h2-5,9,19,22H,1H3,(H,17,20)(H,18,21). The summed E-state index contributed by atoms with van der Waals surface area (Å²) in [5.74, 6) is -3.70. The Bertz CT molecular complexity index is 575. The molecule has 2 amide bonds. The lowest BCUT2D eigenvalue weighted by molar-refractivity contribution is -0.138. The summed E-state index contributed by atoms with van der Waals surface area (Å²) in [5, 5.41) is 19.7. The highest BCUT2D eigenvalue weighted by atomic mass is 19.4. The normalized spacial score (nSPS) is 14.1. The maximum absolute atomic E-state index is 13.2. The van der Waals surface area contributed by atoms with Crippen molar-refractivity contribution in [2.75, 3.05) is 0 Å². The summed E-state index contributed by atoms with van der Waals surface area (Å²) in [6.07, 6.45) is -6.31. The third-order valence-corrected chi connectivity index (χ3v) is 2.65. The molecule has 1 aromatic rings. The first-order valence-electron chi connectivity index (χ1n) is 5.87. The zero-order chi connectivity index (χ0) is 17.1. The second kappa shape index (κ2) is 6.71. The fourth-order valence-corrected chi connectivity index (χ4v) is 1.58. The van der Waals surface area contributed by atoms with E-state index < -0.39 is 47.1 Å². The summed E-state index contributed by atoms with van der Waals surface area (Å²) in [6.45, 7) is 1.10. The first-order valence-corrected chi connectivity index (χ1v) is 5.87. The lowest BCUT2D eigenvalue weighted by atomic mass is 10.1. The fourth-order valence-electron chi connectivity index (χ4n) is 1.58. The van der Waals surface area contributed by atoms with Gasteiger partial charge in [0.05, 0.1) is 11.7 Å². The molecule has 0 radical (unpaired) electrons. The molecule has 2 unspecified atom stereocenters. The van der Waals surface area contributed by atoms with E-state index in [1.807, 2.05) is 5.32 Å². The number of aliphatic hydroxyl groups is 1. The Morgan fingerprint density at radius 1 is 1.23 bits per heavy atom. The summed E-state index contributed by atoms with van der Waals surface area (Å²) in [6, 6.07) is -0.478. The highest BCUT2D eigenvalue weighted by molar-refractivity contribution is 5.97. The average molecular weight is 324 g/mol. The van der Waals surface area contributed by atoms with E-state index in [9.17, 15) is 32.3 Å². The Labute approximate surface area is 121 Å². The van der Waals surface area contributed by atoms with Crippen LogP contribution in [0.15, 0.2) is 18.2 Å². The Morgan fingerprint density at radius 2 is 1.82 bits per heavy atom. The summed E-state index contributed by atoms with van der Waals surface area (Å²) >= 11 is 0. The lowest BCUT2D eigenvalue weighted by Gasteiger charge is -2.19. The van der Waals surface area contributed by atoms with Crippen LogP contribution in [0.3, 0.4) is 0 Å². The van der Waals surface area contributed by atoms with Crippen LogP contribution in [-0.4, -0.2) is 34.3 Å². The SMILES string of the molecule is CC(O)C(NC(=O)c1cc(F)cc(C(F)(F)F)c1)C(=O)NO. The van der Waals surface area contributed by atoms with Crippen LogP contribution >= 0.6 is 0 Å². The summed E-state index contributed by atoms with van der Waals surface area (Å²) in [7, 11) is 0. The van der Waals surface area contributed by atoms with Gasteiger partial charge in [-0.05, 0) is 25.1 Å². The van der Waals surface area contributed by atoms with Gasteiger partial charge >= 0.3 is 6.18 Å². The molecule has 0 aliphatic carbocycles. The van der Waals surface area contributed by atoms with Crippen LogP contribution < -0.4 is 10.8 Å². The molecular formula is C12H12F4N2O4. The number of nitrogens with one attached hydrogen (secondary N) is 2. The number of amides is 2. The number of rotatable bonds is 4. The third-order valence-electron chi connectivity index (χ3n) is 2.65. The topological polar surface area (TPSA) is 98.7 Å². The van der Waals surface area contributed by atoms with Crippen molar-refractivity contribution in [2.45, 2.75) is 25.2 Å². The Hall–Kier alpha value is -2.20. The second-order valence-corrected chi connectivity index (χ2v) is 4.39. The van der Waals surface area contributed by atoms with E-state index in [0.717, 1.165) is 6.92 Å². The van der Waals surface area contributed by atoms with Crippen molar-refractivity contribution in [3.8, 4) is 0 Å². The number of alkyl halides is 3. The molecule has 0 saturated carbocycles. The van der Waals surface area contributed by atoms with Crippen molar-refractivity contribution in [1.29, 1.82) is 0 Å². The van der Waals surface area contributed by atoms with E-state index in [0.29, 0.717) is 12.1 Å². The zero-order valence-corrected chi connectivity index (χ0v) is 11.1. The second-order valence-electron chi connectivity index (χ2n) is 4.39. The van der Waals surface area contributed by atoms with E-state index in [4.69, 9.17) is 5.21 Å². The predicted molar refractivity (Wildman–Crippen MR) is 64.3 cm³/mol. The van der Waals surface area contributed by atoms with Gasteiger partial charge in [0.25, 0.3) is 11.8 Å². The minimum atomic E-state index is -4.86. The number of hydroxylamine groups is 1. The van der Waals surface area contributed by atoms with Crippen molar-refractivity contribution in [2.24, 2.45) is 0 Å². The van der Waals surface area contributed by atoms with Crippen LogP contribution in [0.5, 0.6) is 0 Å². The van der Waals surface area contributed by atoms with Gasteiger partial charge in [-0.3, -0.25) is 14.8 Å². The molecule has 0 saturated heterocycles. The van der Waals surface area contributed by atoms with Gasteiger partial charge in [-0.25, -0.2) is 9.87 Å². The van der Waals surface area contributed by atoms with Crippen molar-refractivity contribution >= 4 is 11.8 Å². The van der Waals surface area contributed by atoms with Gasteiger partial charge in [-0.1, -0.05) is 0 Å². The van der Waals surface area contributed by atoms with E-state index in [2.05, 4.69) is 0 Å². The monoisotopic (exact) mass is 324 g/mol. The van der Waals surface area contributed by atoms with Gasteiger partial charge in [-0.15, -0.1) is 0 Å². The Morgan fingerprint density at radius 3 is 2.27 bits per heavy atom. The fraction of sp³-hybridized carbons (Fsp3) is 0.333. The molecule has 0 spiro atoms. The number of carbonyl (C=O) groups excluding carboxylic acids is 2. The average Bonchev–Trinajstić information content (AvgIpc) is 2.41. The number of halogens is 4. The van der Waals surface area contributed by atoms with Crippen molar-refractivity contribution in [3.63, 3.8) is 0 Å². The molecule has 1 aromatic carbocycles. The number of carbonyl (C=O) groups is 2. The molecule has 0 heterocycles. The van der Waals surface area contributed by atoms with E-state index in [1.54, 1.807) is 0 Å². The zero-order valence-electron chi connectivity index (χ0n) is 11.1. The maximum Gasteiger partial charge on any atom is 0.416 e. The smallest absolute Gasteiger partial charge is 0.391 e. The number of aliphatic hydroxyl groups excluding tert-OH is 1. The maximum atomic E-state index is 13.2. The van der Waals surface area contributed by atoms with Gasteiger partial charge in [0.2, 0.25) is 0 Å². The predicted octanol–water partition coefficient (Wildman–Crippen LogP) is 0.829. The molecular weight excluding hydrogens is 312 g/mol. The Balaban J connectivity index is 3.07. The highest BCUT2D eigenvalue weighted by Gasteiger charge is 2.32. The summed E-state index contributed by atoms with van der Waals surface area (Å²) in [5.41, 5.74) is -0.885. The number of hydrogen-bond acceptors (Lipinski definition) is 4. The molecule has 10 heteroatoms. The first-order chi connectivity index (χ1) is 10.1. The van der Waals surface area contributed by atoms with Crippen molar-refractivity contribution in [3.05, 3.63) is 35.1 Å². The van der Waals surface area contributed by atoms with E-state index >= 15 is 0 Å². The summed E-state index contributed by atoms with van der Waals surface area (Å²) in [4.78, 5) is 23.0. The largest absolute Gasteiger partial charge is 0.416 e. The van der Waals surface area contributed by atoms with Crippen LogP contribution in [0.1, 0.15) is 22.8 Å². The number of hydrogen-bond donors (Lipinski definition) is 4. The van der Waals surface area contributed by atoms with Gasteiger partial charge in [0.15, 0.2) is 0 Å². The molecule has 0 bridgehead atoms. The van der Waals surface area contributed by atoms with Gasteiger partial charge in [-0.2, -0.15) is 13.2 Å². The van der Waals surface area contributed by atoms with Gasteiger partial charge < -0.3 is 10.4 Å². The van der Waals surface area contributed by atoms with Crippen LogP contribution in [0.4, 0.5) is 17.6 Å². The molecule has 122 valence electrons. The van der Waals surface area contributed by atoms with Crippen molar-refractivity contribution < 1.29 is 37.5 Å². The van der Waals surface area contributed by atoms with Crippen LogP contribution in [0.25, 0.3) is 0 Å². The van der Waals surface area contributed by atoms with Crippen LogP contribution in [0, 0.1) is 5.82 Å². The lowest BCUT2D eigenvalue weighted by Crippen LogP contribution is -2.51. The molecule has 0 aliphatic heterocycles. The molecule has 22 heavy (non-hydrogen) atoms. The van der Waals surface area contributed by atoms with Crippen LogP contribution in [-0.2, 0) is 11.0 Å². The van der Waals surface area contributed by atoms with Gasteiger partial charge in [0.1, 0.15) is 11.9 Å². The minimum absolute atomic E-state index is 0.212. The summed E-state index contributed by atoms with van der Waals surface area (Å²) < 4.78 is 50.8. The molecule has 6 nitrogen and oxygen atoms in total. The highest BCUT2D eigenvalue weighted by Crippen LogP contribution is 2.30. The first kappa shape index (κ1) is 17.9. The molecule has 0 aromatic heterocycles. The third kappa shape index (κ3) is 4.40. The minimum Gasteiger partial charge on any atom is -0.391 e. The molecule has 2 atom stereocenters. The molecule has 4 N–H and O–H groups in total. The number of benzene rings is 1. The molecule has 0 aliphatic rings. The van der Waals surface area contributed by atoms with Crippen LogP contribution in [0.2, 0.25) is 0 Å². The van der Waals surface area contributed by atoms with Gasteiger partial charge in [0, 0.05) is 5.56 Å². The quantitative estimate of drug-likeness (QED) is 0.374. The Kier molecular flexibility index (Phi) is 5.44. The van der Waals surface area contributed by atoms with E-state index in [-0.39, 0.29) is 6.07 Å². The van der Waals surface area contributed by atoms with E-state index in [1.165, 1.54) is 5.48 Å². The molecule has 1 rings (SSSR count). The van der Waals surface area contributed by atoms with Crippen molar-refractivity contribution in [1.82, 2.24) is 10.8 Å².